The van der Waals surface area contributed by atoms with E-state index in [4.69, 9.17) is 11.6 Å². The molecule has 0 amide bonds. The number of carbonyl (C=O) groups excluding carboxylic acids is 1. The minimum absolute atomic E-state index is 0.0744. The van der Waals surface area contributed by atoms with Crippen molar-refractivity contribution < 1.29 is 14.6 Å². The van der Waals surface area contributed by atoms with E-state index in [9.17, 15) is 9.90 Å². The minimum Gasteiger partial charge on any atom is -0.469 e. The Morgan fingerprint density at radius 1 is 1.92 bits per heavy atom. The molecule has 0 spiro atoms. The van der Waals surface area contributed by atoms with Crippen LogP contribution in [0.5, 0.6) is 0 Å². The van der Waals surface area contributed by atoms with E-state index in [0.29, 0.717) is 9.34 Å². The van der Waals surface area contributed by atoms with Crippen molar-refractivity contribution in [3.63, 3.8) is 0 Å². The summed E-state index contributed by atoms with van der Waals surface area (Å²) >= 11 is 6.70. The lowest BCUT2D eigenvalue weighted by Gasteiger charge is -2.04. The second-order valence-electron chi connectivity index (χ2n) is 2.31. The molecule has 0 aliphatic rings. The van der Waals surface area contributed by atoms with Gasteiger partial charge < -0.3 is 9.84 Å². The molecule has 1 aromatic heterocycles. The number of thiazole rings is 1. The maximum atomic E-state index is 10.8. The highest BCUT2D eigenvalue weighted by Crippen LogP contribution is 2.26. The number of esters is 1. The summed E-state index contributed by atoms with van der Waals surface area (Å²) in [5.74, 6) is -0.461. The second-order valence-corrected chi connectivity index (χ2v) is 3.96. The molecule has 1 aromatic rings. The third kappa shape index (κ3) is 2.95. The predicted molar refractivity (Wildman–Crippen MR) is 48.7 cm³/mol. The van der Waals surface area contributed by atoms with Crippen LogP contribution in [0, 0.1) is 0 Å². The van der Waals surface area contributed by atoms with Gasteiger partial charge in [-0.3, -0.25) is 4.79 Å². The predicted octanol–water partition coefficient (Wildman–Crippen LogP) is 1.39. The van der Waals surface area contributed by atoms with E-state index in [-0.39, 0.29) is 6.42 Å². The summed E-state index contributed by atoms with van der Waals surface area (Å²) in [6.45, 7) is 0. The molecule has 1 N–H and O–H groups in total. The summed E-state index contributed by atoms with van der Waals surface area (Å²) in [7, 11) is 1.27. The number of nitrogens with zero attached hydrogens (tertiary/aromatic N) is 1. The Labute approximate surface area is 84.1 Å². The number of ether oxygens (including phenoxy) is 1. The zero-order chi connectivity index (χ0) is 9.84. The first-order valence-electron chi connectivity index (χ1n) is 3.49. The van der Waals surface area contributed by atoms with Gasteiger partial charge >= 0.3 is 5.97 Å². The van der Waals surface area contributed by atoms with E-state index in [1.54, 1.807) is 0 Å². The van der Waals surface area contributed by atoms with Crippen molar-refractivity contribution in [2.75, 3.05) is 7.11 Å². The molecule has 13 heavy (non-hydrogen) atoms. The Morgan fingerprint density at radius 2 is 2.62 bits per heavy atom. The van der Waals surface area contributed by atoms with E-state index >= 15 is 0 Å². The summed E-state index contributed by atoms with van der Waals surface area (Å²) in [6, 6.07) is 0. The maximum absolute atomic E-state index is 10.8. The Hall–Kier alpha value is -0.650. The standard InChI is InChI=1S/C7H8ClNO3S/c1-12-6(11)2-4(10)5-3-9-7(8)13-5/h3-4,10H,2H2,1H3/t4-/m0/s1. The number of halogens is 1. The Morgan fingerprint density at radius 3 is 3.08 bits per heavy atom. The highest BCUT2D eigenvalue weighted by molar-refractivity contribution is 7.15. The number of methoxy groups -OCH3 is 1. The van der Waals surface area contributed by atoms with Crippen LogP contribution in [0.25, 0.3) is 0 Å². The molecule has 0 radical (unpaired) electrons. The van der Waals surface area contributed by atoms with E-state index in [1.807, 2.05) is 0 Å². The first kappa shape index (κ1) is 10.4. The van der Waals surface area contributed by atoms with Crippen LogP contribution in [0.4, 0.5) is 0 Å². The minimum atomic E-state index is -0.877. The summed E-state index contributed by atoms with van der Waals surface area (Å²) < 4.78 is 4.75. The fourth-order valence-corrected chi connectivity index (χ4v) is 1.70. The molecule has 0 aliphatic heterocycles. The summed E-state index contributed by atoms with van der Waals surface area (Å²) in [5.41, 5.74) is 0. The number of aliphatic hydroxyl groups excluding tert-OH is 1. The molecule has 0 bridgehead atoms. The average molecular weight is 222 g/mol. The first-order chi connectivity index (χ1) is 6.13. The van der Waals surface area contributed by atoms with Crippen molar-refractivity contribution in [3.05, 3.63) is 15.5 Å². The molecule has 0 aliphatic carbocycles. The molecule has 1 atom stereocenters. The van der Waals surface area contributed by atoms with Crippen LogP contribution in [-0.4, -0.2) is 23.2 Å². The number of carbonyl (C=O) groups is 1. The van der Waals surface area contributed by atoms with Gasteiger partial charge in [0.05, 0.1) is 18.4 Å². The molecule has 6 heteroatoms. The molecule has 0 aromatic carbocycles. The molecular formula is C7H8ClNO3S. The van der Waals surface area contributed by atoms with E-state index < -0.39 is 12.1 Å². The van der Waals surface area contributed by atoms with Gasteiger partial charge in [-0.05, 0) is 0 Å². The van der Waals surface area contributed by atoms with Gasteiger partial charge in [0.15, 0.2) is 4.47 Å². The van der Waals surface area contributed by atoms with E-state index in [0.717, 1.165) is 11.3 Å². The van der Waals surface area contributed by atoms with Gasteiger partial charge in [-0.25, -0.2) is 4.98 Å². The van der Waals surface area contributed by atoms with Crippen LogP contribution in [-0.2, 0) is 9.53 Å². The quantitative estimate of drug-likeness (QED) is 0.784. The molecule has 0 saturated carbocycles. The maximum Gasteiger partial charge on any atom is 0.308 e. The smallest absolute Gasteiger partial charge is 0.308 e. The van der Waals surface area contributed by atoms with Crippen molar-refractivity contribution in [2.45, 2.75) is 12.5 Å². The lowest BCUT2D eigenvalue weighted by Crippen LogP contribution is -2.06. The molecular weight excluding hydrogens is 214 g/mol. The summed E-state index contributed by atoms with van der Waals surface area (Å²) in [5, 5.41) is 9.45. The zero-order valence-corrected chi connectivity index (χ0v) is 8.43. The fraction of sp³-hybridized carbons (Fsp3) is 0.429. The monoisotopic (exact) mass is 221 g/mol. The van der Waals surface area contributed by atoms with Crippen molar-refractivity contribution in [1.82, 2.24) is 4.98 Å². The van der Waals surface area contributed by atoms with Gasteiger partial charge in [-0.2, -0.15) is 0 Å². The molecule has 72 valence electrons. The van der Waals surface area contributed by atoms with Crippen LogP contribution in [0.1, 0.15) is 17.4 Å². The molecule has 0 fully saturated rings. The van der Waals surface area contributed by atoms with E-state index in [1.165, 1.54) is 13.3 Å². The average Bonchev–Trinajstić information content (AvgIpc) is 2.51. The Balaban J connectivity index is 2.58. The van der Waals surface area contributed by atoms with Crippen molar-refractivity contribution in [2.24, 2.45) is 0 Å². The van der Waals surface area contributed by atoms with Crippen LogP contribution in [0.3, 0.4) is 0 Å². The fourth-order valence-electron chi connectivity index (χ4n) is 0.760. The number of hydrogen-bond acceptors (Lipinski definition) is 5. The van der Waals surface area contributed by atoms with Crippen LogP contribution in [0.2, 0.25) is 4.47 Å². The number of aromatic nitrogens is 1. The topological polar surface area (TPSA) is 59.4 Å². The lowest BCUT2D eigenvalue weighted by atomic mass is 10.2. The van der Waals surface area contributed by atoms with Crippen molar-refractivity contribution in [1.29, 1.82) is 0 Å². The van der Waals surface area contributed by atoms with Crippen molar-refractivity contribution >= 4 is 28.9 Å². The highest BCUT2D eigenvalue weighted by atomic mass is 35.5. The van der Waals surface area contributed by atoms with Crippen LogP contribution in [0.15, 0.2) is 6.20 Å². The third-order valence-corrected chi connectivity index (χ3v) is 2.63. The summed E-state index contributed by atoms with van der Waals surface area (Å²) in [4.78, 5) is 15.1. The number of aliphatic hydroxyl groups is 1. The summed E-state index contributed by atoms with van der Waals surface area (Å²) in [6.07, 6.45) is 0.493. The van der Waals surface area contributed by atoms with Crippen molar-refractivity contribution in [3.8, 4) is 0 Å². The van der Waals surface area contributed by atoms with Gasteiger partial charge in [0.2, 0.25) is 0 Å². The van der Waals surface area contributed by atoms with Crippen LogP contribution < -0.4 is 0 Å². The van der Waals surface area contributed by atoms with Crippen LogP contribution >= 0.6 is 22.9 Å². The van der Waals surface area contributed by atoms with Gasteiger partial charge in [0.25, 0.3) is 0 Å². The number of rotatable bonds is 3. The number of hydrogen-bond donors (Lipinski definition) is 1. The second kappa shape index (κ2) is 4.55. The van der Waals surface area contributed by atoms with Gasteiger partial charge in [-0.1, -0.05) is 11.6 Å². The Bertz CT molecular complexity index is 302. The SMILES string of the molecule is COC(=O)C[C@H](O)c1cnc(Cl)s1. The first-order valence-corrected chi connectivity index (χ1v) is 4.69. The van der Waals surface area contributed by atoms with Gasteiger partial charge in [0, 0.05) is 6.20 Å². The van der Waals surface area contributed by atoms with E-state index in [2.05, 4.69) is 9.72 Å². The third-order valence-electron chi connectivity index (χ3n) is 1.41. The molecule has 4 nitrogen and oxygen atoms in total. The lowest BCUT2D eigenvalue weighted by molar-refractivity contribution is -0.142. The normalized spacial score (nSPS) is 12.5. The van der Waals surface area contributed by atoms with Gasteiger partial charge in [-0.15, -0.1) is 11.3 Å². The molecule has 1 heterocycles. The highest BCUT2D eigenvalue weighted by Gasteiger charge is 2.15. The molecule has 0 saturated heterocycles. The largest absolute Gasteiger partial charge is 0.469 e. The Kier molecular flexibility index (Phi) is 3.65. The van der Waals surface area contributed by atoms with Gasteiger partial charge in [0.1, 0.15) is 6.10 Å². The zero-order valence-electron chi connectivity index (χ0n) is 6.86. The molecule has 0 unspecified atom stereocenters. The molecule has 1 rings (SSSR count).